The van der Waals surface area contributed by atoms with Crippen molar-refractivity contribution in [3.8, 4) is 0 Å². The van der Waals surface area contributed by atoms with Gasteiger partial charge in [-0.2, -0.15) is 0 Å². The van der Waals surface area contributed by atoms with E-state index in [2.05, 4.69) is 33.9 Å². The molecular formula is C24H38O4. The number of hydrogen-bond donors (Lipinski definition) is 0. The van der Waals surface area contributed by atoms with Gasteiger partial charge < -0.3 is 9.47 Å². The van der Waals surface area contributed by atoms with E-state index in [4.69, 9.17) is 9.47 Å². The molecular weight excluding hydrogens is 352 g/mol. The third kappa shape index (κ3) is 4.69. The molecule has 3 saturated carbocycles. The Bertz CT molecular complexity index is 627. The Morgan fingerprint density at radius 2 is 1.39 bits per heavy atom. The van der Waals surface area contributed by atoms with Gasteiger partial charge >= 0.3 is 11.9 Å². The van der Waals surface area contributed by atoms with Crippen molar-refractivity contribution in [2.45, 2.75) is 98.2 Å². The van der Waals surface area contributed by atoms with Crippen LogP contribution in [-0.4, -0.2) is 24.1 Å². The molecule has 0 aliphatic heterocycles. The van der Waals surface area contributed by atoms with Gasteiger partial charge in [-0.25, -0.2) is 9.59 Å². The van der Waals surface area contributed by atoms with Crippen LogP contribution in [0.5, 0.6) is 0 Å². The average molecular weight is 391 g/mol. The summed E-state index contributed by atoms with van der Waals surface area (Å²) < 4.78 is 10.8. The van der Waals surface area contributed by atoms with Crippen molar-refractivity contribution in [1.82, 2.24) is 0 Å². The summed E-state index contributed by atoms with van der Waals surface area (Å²) in [4.78, 5) is 22.7. The summed E-state index contributed by atoms with van der Waals surface area (Å²) in [5, 5.41) is 0. The quantitative estimate of drug-likeness (QED) is 0.452. The van der Waals surface area contributed by atoms with Gasteiger partial charge in [-0.1, -0.05) is 40.3 Å². The highest BCUT2D eigenvalue weighted by Crippen LogP contribution is 2.66. The Morgan fingerprint density at radius 3 is 1.82 bits per heavy atom. The van der Waals surface area contributed by atoms with Gasteiger partial charge in [0.25, 0.3) is 0 Å². The zero-order valence-corrected chi connectivity index (χ0v) is 18.4. The molecule has 3 atom stereocenters. The van der Waals surface area contributed by atoms with Crippen molar-refractivity contribution in [2.24, 2.45) is 16.7 Å². The van der Waals surface area contributed by atoms with Gasteiger partial charge in [0.05, 0.1) is 0 Å². The van der Waals surface area contributed by atoms with Crippen molar-refractivity contribution >= 4 is 11.9 Å². The topological polar surface area (TPSA) is 52.6 Å². The van der Waals surface area contributed by atoms with Crippen LogP contribution in [0.25, 0.3) is 0 Å². The van der Waals surface area contributed by atoms with E-state index in [0.717, 1.165) is 19.3 Å². The Morgan fingerprint density at radius 1 is 0.857 bits per heavy atom. The molecule has 3 aliphatic rings. The number of carbonyl (C=O) groups is 2. The molecule has 158 valence electrons. The van der Waals surface area contributed by atoms with Crippen molar-refractivity contribution in [3.05, 3.63) is 24.3 Å². The smallest absolute Gasteiger partial charge is 0.333 e. The van der Waals surface area contributed by atoms with E-state index < -0.39 is 0 Å². The molecule has 0 amide bonds. The zero-order valence-electron chi connectivity index (χ0n) is 18.4. The molecule has 0 N–H and O–H groups in total. The minimum absolute atomic E-state index is 0.0884. The summed E-state index contributed by atoms with van der Waals surface area (Å²) in [6.45, 7) is 17.5. The maximum atomic E-state index is 11.6. The van der Waals surface area contributed by atoms with Crippen LogP contribution in [0.4, 0.5) is 0 Å². The maximum Gasteiger partial charge on any atom is 0.333 e. The predicted molar refractivity (Wildman–Crippen MR) is 112 cm³/mol. The van der Waals surface area contributed by atoms with E-state index >= 15 is 0 Å². The molecule has 2 unspecified atom stereocenters. The first-order valence-electron chi connectivity index (χ1n) is 10.7. The van der Waals surface area contributed by atoms with Gasteiger partial charge in [-0.3, -0.25) is 0 Å². The van der Waals surface area contributed by atoms with Crippen molar-refractivity contribution in [3.63, 3.8) is 0 Å². The minimum Gasteiger partial charge on any atom is -0.459 e. The van der Waals surface area contributed by atoms with Gasteiger partial charge in [0.2, 0.25) is 0 Å². The van der Waals surface area contributed by atoms with Crippen molar-refractivity contribution in [1.29, 1.82) is 0 Å². The van der Waals surface area contributed by atoms with Crippen LogP contribution in [0.2, 0.25) is 0 Å². The van der Waals surface area contributed by atoms with Crippen LogP contribution >= 0.6 is 0 Å². The summed E-state index contributed by atoms with van der Waals surface area (Å²) >= 11 is 0. The maximum absolute atomic E-state index is 11.6. The van der Waals surface area contributed by atoms with Gasteiger partial charge in [0.1, 0.15) is 12.2 Å². The van der Waals surface area contributed by atoms with Crippen LogP contribution < -0.4 is 0 Å². The fourth-order valence-corrected chi connectivity index (χ4v) is 4.97. The Hall–Kier alpha value is -1.58. The Kier molecular flexibility index (Phi) is 7.17. The first-order chi connectivity index (χ1) is 13.0. The SMILES string of the molecule is C=C(C)C(=O)OC1CCCCC1.C=C(C)C(=O)O[C@@H]1CC2CCC1(C)C2(C)C. The number of rotatable bonds is 4. The van der Waals surface area contributed by atoms with Crippen LogP contribution in [0.15, 0.2) is 24.3 Å². The Labute approximate surface area is 170 Å². The molecule has 3 aliphatic carbocycles. The molecule has 28 heavy (non-hydrogen) atoms. The molecule has 4 heteroatoms. The lowest BCUT2D eigenvalue weighted by Crippen LogP contribution is -2.38. The molecule has 0 aromatic rings. The minimum atomic E-state index is -0.234. The molecule has 4 nitrogen and oxygen atoms in total. The fourth-order valence-electron chi connectivity index (χ4n) is 4.97. The lowest BCUT2D eigenvalue weighted by molar-refractivity contribution is -0.152. The summed E-state index contributed by atoms with van der Waals surface area (Å²) in [5.74, 6) is 0.247. The van der Waals surface area contributed by atoms with E-state index in [1.54, 1.807) is 13.8 Å². The summed E-state index contributed by atoms with van der Waals surface area (Å²) in [7, 11) is 0. The van der Waals surface area contributed by atoms with Gasteiger partial charge in [-0.15, -0.1) is 0 Å². The highest BCUT2D eigenvalue weighted by atomic mass is 16.5. The number of fused-ring (bicyclic) bond motifs is 2. The summed E-state index contributed by atoms with van der Waals surface area (Å²) in [6, 6.07) is 0. The van der Waals surface area contributed by atoms with E-state index in [1.165, 1.54) is 32.1 Å². The molecule has 0 saturated heterocycles. The van der Waals surface area contributed by atoms with Crippen LogP contribution in [-0.2, 0) is 19.1 Å². The zero-order chi connectivity index (χ0) is 21.1. The van der Waals surface area contributed by atoms with Crippen LogP contribution in [0.3, 0.4) is 0 Å². The number of esters is 2. The molecule has 3 fully saturated rings. The summed E-state index contributed by atoms with van der Waals surface area (Å²) in [6.07, 6.45) is 9.45. The number of carbonyl (C=O) groups excluding carboxylic acids is 2. The van der Waals surface area contributed by atoms with Gasteiger partial charge in [-0.05, 0) is 70.1 Å². The Balaban J connectivity index is 0.000000209. The highest BCUT2D eigenvalue weighted by Gasteiger charge is 2.62. The lowest BCUT2D eigenvalue weighted by Gasteiger charge is -2.38. The third-order valence-corrected chi connectivity index (χ3v) is 7.49. The van der Waals surface area contributed by atoms with E-state index in [-0.39, 0.29) is 29.6 Å². The molecule has 2 bridgehead atoms. The normalized spacial score (nSPS) is 30.8. The monoisotopic (exact) mass is 390 g/mol. The van der Waals surface area contributed by atoms with Crippen molar-refractivity contribution < 1.29 is 19.1 Å². The first kappa shape index (κ1) is 22.7. The van der Waals surface area contributed by atoms with Crippen molar-refractivity contribution in [2.75, 3.05) is 0 Å². The molecule has 0 aromatic heterocycles. The lowest BCUT2D eigenvalue weighted by atomic mass is 9.70. The number of ether oxygens (including phenoxy) is 2. The molecule has 0 heterocycles. The second kappa shape index (κ2) is 8.84. The predicted octanol–water partition coefficient (Wildman–Crippen LogP) is 5.76. The molecule has 0 aromatic carbocycles. The van der Waals surface area contributed by atoms with Gasteiger partial charge in [0.15, 0.2) is 0 Å². The van der Waals surface area contributed by atoms with Crippen LogP contribution in [0.1, 0.15) is 86.0 Å². The second-order valence-corrected chi connectivity index (χ2v) is 9.73. The standard InChI is InChI=1S/C14H22O2.C10H16O2/c1-9(2)12(15)16-11-8-10-6-7-14(11,5)13(10,3)4;1-8(2)10(11)12-9-6-4-3-5-7-9/h10-11H,1,6-8H2,2-5H3;9H,1,3-7H2,2H3/t10?,11-,14?;/m1./s1. The van der Waals surface area contributed by atoms with E-state index in [9.17, 15) is 9.59 Å². The summed E-state index contributed by atoms with van der Waals surface area (Å²) in [5.41, 5.74) is 1.46. The molecule has 0 radical (unpaired) electrons. The van der Waals surface area contributed by atoms with E-state index in [1.807, 2.05) is 0 Å². The van der Waals surface area contributed by atoms with Gasteiger partial charge in [0, 0.05) is 16.6 Å². The van der Waals surface area contributed by atoms with Crippen LogP contribution in [0, 0.1) is 16.7 Å². The molecule has 3 rings (SSSR count). The fraction of sp³-hybridized carbons (Fsp3) is 0.750. The molecule has 0 spiro atoms. The second-order valence-electron chi connectivity index (χ2n) is 9.73. The van der Waals surface area contributed by atoms with E-state index in [0.29, 0.717) is 22.5 Å². The first-order valence-corrected chi connectivity index (χ1v) is 10.7. The third-order valence-electron chi connectivity index (χ3n) is 7.49. The average Bonchev–Trinajstić information content (AvgIpc) is 2.96. The largest absolute Gasteiger partial charge is 0.459 e. The highest BCUT2D eigenvalue weighted by molar-refractivity contribution is 5.87. The number of hydrogen-bond acceptors (Lipinski definition) is 4.